The molecule has 82 valence electrons. The molecule has 0 bridgehead atoms. The molecule has 1 aliphatic heterocycles. The molecule has 1 aromatic heterocycles. The second-order valence-corrected chi connectivity index (χ2v) is 5.50. The minimum atomic E-state index is 0.387. The summed E-state index contributed by atoms with van der Waals surface area (Å²) in [6.45, 7) is 1.25. The molecule has 0 aliphatic carbocycles. The highest BCUT2D eigenvalue weighted by Gasteiger charge is 2.17. The molecule has 0 saturated heterocycles. The Morgan fingerprint density at radius 2 is 2.53 bits per heavy atom. The van der Waals surface area contributed by atoms with Gasteiger partial charge in [-0.15, -0.1) is 11.8 Å². The predicted molar refractivity (Wildman–Crippen MR) is 62.8 cm³/mol. The maximum absolute atomic E-state index is 5.89. The molecule has 0 radical (unpaired) electrons. The Hall–Kier alpha value is -0.160. The van der Waals surface area contributed by atoms with E-state index in [-0.39, 0.29) is 0 Å². The number of nitrogens with zero attached hydrogens (tertiary/aromatic N) is 2. The van der Waals surface area contributed by atoms with E-state index >= 15 is 0 Å². The molecule has 6 heteroatoms. The van der Waals surface area contributed by atoms with Crippen LogP contribution >= 0.6 is 35.2 Å². The lowest BCUT2D eigenvalue weighted by molar-refractivity contribution is 0.340. The summed E-state index contributed by atoms with van der Waals surface area (Å²) in [5.74, 6) is 0. The highest BCUT2D eigenvalue weighted by atomic mass is 35.5. The maximum Gasteiger partial charge on any atom is 0.0963 e. The Balaban J connectivity index is 1.88. The molecule has 0 N–H and O–H groups in total. The lowest BCUT2D eigenvalue weighted by Gasteiger charge is -2.07. The van der Waals surface area contributed by atoms with Crippen molar-refractivity contribution < 1.29 is 4.29 Å². The predicted octanol–water partition coefficient (Wildman–Crippen LogP) is 3.14. The van der Waals surface area contributed by atoms with Crippen LogP contribution in [0.25, 0.3) is 0 Å². The summed E-state index contributed by atoms with van der Waals surface area (Å²) in [6.07, 6.45) is 6.75. The van der Waals surface area contributed by atoms with Crippen molar-refractivity contribution in [1.29, 1.82) is 0 Å². The first-order valence-corrected chi connectivity index (χ1v) is 6.11. The fourth-order valence-corrected chi connectivity index (χ4v) is 2.97. The average molecular weight is 265 g/mol. The smallest absolute Gasteiger partial charge is 0.0963 e. The number of hydrogen-bond acceptors (Lipinski definition) is 3. The van der Waals surface area contributed by atoms with Gasteiger partial charge in [0, 0.05) is 17.0 Å². The largest absolute Gasteiger partial charge is 0.274 e. The highest BCUT2D eigenvalue weighted by Crippen LogP contribution is 2.35. The molecule has 1 unspecified atom stereocenters. The molecule has 0 amide bonds. The van der Waals surface area contributed by atoms with Crippen molar-refractivity contribution in [3.63, 3.8) is 0 Å². The summed E-state index contributed by atoms with van der Waals surface area (Å²) in [6, 6.07) is 0. The molecular formula is C9H10Cl2N2OS. The Labute approximate surface area is 103 Å². The van der Waals surface area contributed by atoms with Crippen LogP contribution in [0.1, 0.15) is 12.0 Å². The first kappa shape index (κ1) is 11.3. The van der Waals surface area contributed by atoms with Crippen LogP contribution in [0.5, 0.6) is 0 Å². The second-order valence-electron chi connectivity index (χ2n) is 3.31. The zero-order valence-electron chi connectivity index (χ0n) is 7.90. The molecule has 15 heavy (non-hydrogen) atoms. The lowest BCUT2D eigenvalue weighted by Crippen LogP contribution is -2.10. The van der Waals surface area contributed by atoms with Crippen LogP contribution in [0, 0.1) is 0 Å². The van der Waals surface area contributed by atoms with Crippen LogP contribution in [-0.2, 0) is 17.4 Å². The number of allylic oxidation sites excluding steroid dienone is 1. The van der Waals surface area contributed by atoms with Gasteiger partial charge in [0.15, 0.2) is 0 Å². The van der Waals surface area contributed by atoms with Crippen molar-refractivity contribution in [2.24, 2.45) is 0 Å². The minimum absolute atomic E-state index is 0.387. The SMILES string of the molecule is ClOCc1cnn(CC2CC=C(Cl)S2)c1. The van der Waals surface area contributed by atoms with Crippen molar-refractivity contribution in [2.45, 2.75) is 24.8 Å². The minimum Gasteiger partial charge on any atom is -0.274 e. The van der Waals surface area contributed by atoms with Crippen molar-refractivity contribution in [3.05, 3.63) is 28.4 Å². The van der Waals surface area contributed by atoms with Crippen LogP contribution in [0.3, 0.4) is 0 Å². The van der Waals surface area contributed by atoms with Gasteiger partial charge in [0.2, 0.25) is 0 Å². The summed E-state index contributed by atoms with van der Waals surface area (Å²) in [5.41, 5.74) is 0.979. The van der Waals surface area contributed by atoms with E-state index in [1.165, 1.54) is 0 Å². The molecule has 2 heterocycles. The molecule has 1 aromatic rings. The van der Waals surface area contributed by atoms with Gasteiger partial charge in [-0.2, -0.15) is 5.10 Å². The molecule has 0 spiro atoms. The first-order valence-electron chi connectivity index (χ1n) is 4.55. The Bertz CT molecular complexity index is 367. The molecule has 2 rings (SSSR count). The van der Waals surface area contributed by atoms with Crippen molar-refractivity contribution in [3.8, 4) is 0 Å². The topological polar surface area (TPSA) is 27.1 Å². The van der Waals surface area contributed by atoms with Gasteiger partial charge < -0.3 is 0 Å². The molecule has 0 fully saturated rings. The number of hydrogen-bond donors (Lipinski definition) is 0. The standard InChI is InChI=1S/C9H10Cl2N2OS/c10-9-2-1-8(15-9)5-13-4-7(3-12-13)6-14-11/h2-4,8H,1,5-6H2. The Morgan fingerprint density at radius 1 is 1.67 bits per heavy atom. The highest BCUT2D eigenvalue weighted by molar-refractivity contribution is 8.05. The van der Waals surface area contributed by atoms with Crippen molar-refractivity contribution >= 4 is 35.2 Å². The Morgan fingerprint density at radius 3 is 3.20 bits per heavy atom. The lowest BCUT2D eigenvalue weighted by atomic mass is 10.3. The average Bonchev–Trinajstić information content (AvgIpc) is 2.78. The number of aromatic nitrogens is 2. The van der Waals surface area contributed by atoms with Crippen molar-refractivity contribution in [2.75, 3.05) is 0 Å². The van der Waals surface area contributed by atoms with E-state index in [0.29, 0.717) is 11.9 Å². The quantitative estimate of drug-likeness (QED) is 0.836. The third kappa shape index (κ3) is 3.14. The fourth-order valence-electron chi connectivity index (χ4n) is 1.44. The van der Waals surface area contributed by atoms with E-state index in [1.807, 2.05) is 17.0 Å². The van der Waals surface area contributed by atoms with Gasteiger partial charge in [0.1, 0.15) is 0 Å². The normalized spacial score (nSPS) is 20.7. The van der Waals surface area contributed by atoms with Gasteiger partial charge in [-0.05, 0) is 6.42 Å². The number of halogens is 2. The summed E-state index contributed by atoms with van der Waals surface area (Å²) in [5, 5.41) is 4.71. The maximum atomic E-state index is 5.89. The first-order chi connectivity index (χ1) is 7.28. The van der Waals surface area contributed by atoms with E-state index in [1.54, 1.807) is 18.0 Å². The van der Waals surface area contributed by atoms with Gasteiger partial charge in [0.25, 0.3) is 0 Å². The fraction of sp³-hybridized carbons (Fsp3) is 0.444. The van der Waals surface area contributed by atoms with E-state index in [9.17, 15) is 0 Å². The summed E-state index contributed by atoms with van der Waals surface area (Å²) >= 11 is 12.7. The van der Waals surface area contributed by atoms with Gasteiger partial charge >= 0.3 is 0 Å². The molecule has 3 nitrogen and oxygen atoms in total. The van der Waals surface area contributed by atoms with Crippen LogP contribution in [0.2, 0.25) is 0 Å². The zero-order valence-corrected chi connectivity index (χ0v) is 10.2. The second kappa shape index (κ2) is 5.25. The van der Waals surface area contributed by atoms with Crippen molar-refractivity contribution in [1.82, 2.24) is 9.78 Å². The van der Waals surface area contributed by atoms with E-state index in [2.05, 4.69) is 9.39 Å². The third-order valence-corrected chi connectivity index (χ3v) is 3.72. The molecule has 0 aromatic carbocycles. The van der Waals surface area contributed by atoms with Crippen LogP contribution in [-0.4, -0.2) is 15.0 Å². The zero-order chi connectivity index (χ0) is 10.7. The summed E-state index contributed by atoms with van der Waals surface area (Å²) < 4.78 is 7.29. The van der Waals surface area contributed by atoms with E-state index in [4.69, 9.17) is 23.5 Å². The number of thioether (sulfide) groups is 1. The molecule has 1 aliphatic rings. The monoisotopic (exact) mass is 264 g/mol. The Kier molecular flexibility index (Phi) is 3.97. The summed E-state index contributed by atoms with van der Waals surface area (Å²) in [7, 11) is 0. The van der Waals surface area contributed by atoms with E-state index in [0.717, 1.165) is 22.9 Å². The van der Waals surface area contributed by atoms with Gasteiger partial charge in [-0.1, -0.05) is 17.7 Å². The molecule has 0 saturated carbocycles. The van der Waals surface area contributed by atoms with Gasteiger partial charge in [-0.25, -0.2) is 0 Å². The van der Waals surface area contributed by atoms with Gasteiger partial charge in [-0.3, -0.25) is 8.97 Å². The number of rotatable bonds is 4. The van der Waals surface area contributed by atoms with Gasteiger partial charge in [0.05, 0.1) is 35.6 Å². The van der Waals surface area contributed by atoms with Crippen LogP contribution in [0.15, 0.2) is 22.8 Å². The molecule has 1 atom stereocenters. The third-order valence-electron chi connectivity index (χ3n) is 2.12. The summed E-state index contributed by atoms with van der Waals surface area (Å²) in [4.78, 5) is 0. The van der Waals surface area contributed by atoms with E-state index < -0.39 is 0 Å². The van der Waals surface area contributed by atoms with Crippen LogP contribution < -0.4 is 0 Å². The van der Waals surface area contributed by atoms with Crippen LogP contribution in [0.4, 0.5) is 0 Å². The molecular weight excluding hydrogens is 255 g/mol.